The van der Waals surface area contributed by atoms with Gasteiger partial charge < -0.3 is 0 Å². The number of alkyl halides is 3. The largest absolute Gasteiger partial charge is 0.416 e. The van der Waals surface area contributed by atoms with Crippen molar-refractivity contribution < 1.29 is 17.4 Å². The molecule has 1 aliphatic carbocycles. The summed E-state index contributed by atoms with van der Waals surface area (Å²) < 4.78 is 53.3. The van der Waals surface area contributed by atoms with Crippen LogP contribution in [0.3, 0.4) is 0 Å². The number of nitrogens with one attached hydrogen (secondary N) is 1. The van der Waals surface area contributed by atoms with Crippen molar-refractivity contribution >= 4 is 11.0 Å². The van der Waals surface area contributed by atoms with Gasteiger partial charge in [0.15, 0.2) is 0 Å². The van der Waals surface area contributed by atoms with Crippen molar-refractivity contribution in [3.05, 3.63) is 35.4 Å². The number of hydrogen-bond acceptors (Lipinski definition) is 1. The molecule has 0 saturated heterocycles. The van der Waals surface area contributed by atoms with E-state index in [9.17, 15) is 17.4 Å². The van der Waals surface area contributed by atoms with Gasteiger partial charge in [0.25, 0.3) is 0 Å². The summed E-state index contributed by atoms with van der Waals surface area (Å²) in [6, 6.07) is 5.03. The zero-order valence-electron chi connectivity index (χ0n) is 12.3. The third-order valence-electron chi connectivity index (χ3n) is 3.46. The summed E-state index contributed by atoms with van der Waals surface area (Å²) in [6.45, 7) is 5.52. The zero-order valence-corrected chi connectivity index (χ0v) is 13.1. The van der Waals surface area contributed by atoms with Crippen molar-refractivity contribution in [3.63, 3.8) is 0 Å². The Balaban J connectivity index is 2.25. The highest BCUT2D eigenvalue weighted by Gasteiger charge is 2.37. The maximum Gasteiger partial charge on any atom is 0.416 e. The minimum Gasteiger partial charge on any atom is -0.242 e. The van der Waals surface area contributed by atoms with Gasteiger partial charge in [-0.25, -0.2) is 8.93 Å². The summed E-state index contributed by atoms with van der Waals surface area (Å²) in [7, 11) is -1.31. The molecule has 2 nitrogen and oxygen atoms in total. The van der Waals surface area contributed by atoms with Crippen LogP contribution in [0, 0.1) is 5.92 Å². The highest BCUT2D eigenvalue weighted by atomic mass is 32.2. The lowest BCUT2D eigenvalue weighted by Crippen LogP contribution is -2.36. The normalized spacial score (nSPS) is 19.3. The lowest BCUT2D eigenvalue weighted by atomic mass is 10.0. The molecule has 1 saturated carbocycles. The Labute approximate surface area is 125 Å². The monoisotopic (exact) mass is 319 g/mol. The highest BCUT2D eigenvalue weighted by molar-refractivity contribution is 7.84. The average Bonchev–Trinajstić information content (AvgIpc) is 3.17. The van der Waals surface area contributed by atoms with Crippen molar-refractivity contribution in [1.82, 2.24) is 4.72 Å². The maximum absolute atomic E-state index is 12.8. The standard InChI is InChI=1S/C15H20F3NOS/c1-14(2,3)21(20)19-13(10-7-8-10)11-5-4-6-12(9-11)15(16,17)18/h4-6,9-10,13,19H,7-8H2,1-3H3. The SMILES string of the molecule is CC(C)(C)S(=O)NC(c1cccc(C(F)(F)F)c1)C1CC1. The summed E-state index contributed by atoms with van der Waals surface area (Å²) in [5, 5.41) is 0. The summed E-state index contributed by atoms with van der Waals surface area (Å²) in [4.78, 5) is 0. The Morgan fingerprint density at radius 3 is 2.33 bits per heavy atom. The third-order valence-corrected chi connectivity index (χ3v) is 5.04. The van der Waals surface area contributed by atoms with E-state index in [1.807, 2.05) is 20.8 Å². The Morgan fingerprint density at radius 2 is 1.86 bits per heavy atom. The Morgan fingerprint density at radius 1 is 1.24 bits per heavy atom. The molecule has 2 atom stereocenters. The van der Waals surface area contributed by atoms with E-state index < -0.39 is 27.5 Å². The zero-order chi connectivity index (χ0) is 15.8. The average molecular weight is 319 g/mol. The van der Waals surface area contributed by atoms with Crippen molar-refractivity contribution in [2.75, 3.05) is 0 Å². The number of rotatable bonds is 4. The molecule has 1 aliphatic rings. The van der Waals surface area contributed by atoms with E-state index in [-0.39, 0.29) is 12.0 Å². The van der Waals surface area contributed by atoms with Crippen LogP contribution in [0.5, 0.6) is 0 Å². The molecule has 0 bridgehead atoms. The molecule has 0 heterocycles. The van der Waals surface area contributed by atoms with Crippen LogP contribution in [-0.2, 0) is 17.2 Å². The van der Waals surface area contributed by atoms with Crippen LogP contribution in [0.1, 0.15) is 50.8 Å². The Kier molecular flexibility index (Phi) is 4.49. The highest BCUT2D eigenvalue weighted by Crippen LogP contribution is 2.42. The second-order valence-corrected chi connectivity index (χ2v) is 8.44. The van der Waals surface area contributed by atoms with Crippen LogP contribution in [-0.4, -0.2) is 8.96 Å². The lowest BCUT2D eigenvalue weighted by Gasteiger charge is -2.25. The van der Waals surface area contributed by atoms with Crippen molar-refractivity contribution in [1.29, 1.82) is 0 Å². The van der Waals surface area contributed by atoms with E-state index in [0.717, 1.165) is 25.0 Å². The number of halogens is 3. The fraction of sp³-hybridized carbons (Fsp3) is 0.600. The van der Waals surface area contributed by atoms with Crippen LogP contribution in [0.2, 0.25) is 0 Å². The van der Waals surface area contributed by atoms with Gasteiger partial charge in [-0.1, -0.05) is 12.1 Å². The van der Waals surface area contributed by atoms with E-state index in [2.05, 4.69) is 4.72 Å². The topological polar surface area (TPSA) is 29.1 Å². The third kappa shape index (κ3) is 4.30. The minimum atomic E-state index is -4.35. The molecule has 118 valence electrons. The Bertz CT molecular complexity index is 532. The molecule has 0 radical (unpaired) electrons. The van der Waals surface area contributed by atoms with Crippen LogP contribution >= 0.6 is 0 Å². The van der Waals surface area contributed by atoms with E-state index >= 15 is 0 Å². The van der Waals surface area contributed by atoms with Crippen LogP contribution in [0.4, 0.5) is 13.2 Å². The fourth-order valence-electron chi connectivity index (χ4n) is 2.07. The van der Waals surface area contributed by atoms with Gasteiger partial charge in [-0.2, -0.15) is 13.2 Å². The molecule has 1 fully saturated rings. The predicted octanol–water partition coefficient (Wildman–Crippen LogP) is 4.21. The van der Waals surface area contributed by atoms with Crippen molar-refractivity contribution in [2.24, 2.45) is 5.92 Å². The molecule has 6 heteroatoms. The second kappa shape index (κ2) is 5.72. The van der Waals surface area contributed by atoms with Gasteiger partial charge in [-0.3, -0.25) is 0 Å². The van der Waals surface area contributed by atoms with Crippen molar-refractivity contribution in [3.8, 4) is 0 Å². The van der Waals surface area contributed by atoms with Crippen LogP contribution in [0.25, 0.3) is 0 Å². The molecule has 2 rings (SSSR count). The molecule has 2 unspecified atom stereocenters. The maximum atomic E-state index is 12.8. The smallest absolute Gasteiger partial charge is 0.242 e. The first-order valence-electron chi connectivity index (χ1n) is 6.94. The Hall–Kier alpha value is -0.880. The van der Waals surface area contributed by atoms with E-state index in [1.54, 1.807) is 6.07 Å². The summed E-state index contributed by atoms with van der Waals surface area (Å²) in [6.07, 6.45) is -2.45. The van der Waals surface area contributed by atoms with Gasteiger partial charge >= 0.3 is 6.18 Å². The molecule has 21 heavy (non-hydrogen) atoms. The molecule has 0 aliphatic heterocycles. The summed E-state index contributed by atoms with van der Waals surface area (Å²) >= 11 is 0. The van der Waals surface area contributed by atoms with E-state index in [0.29, 0.717) is 5.56 Å². The van der Waals surface area contributed by atoms with Crippen molar-refractivity contribution in [2.45, 2.75) is 50.6 Å². The van der Waals surface area contributed by atoms with Gasteiger partial charge in [-0.05, 0) is 57.2 Å². The quantitative estimate of drug-likeness (QED) is 0.885. The molecule has 1 aromatic rings. The number of hydrogen-bond donors (Lipinski definition) is 1. The lowest BCUT2D eigenvalue weighted by molar-refractivity contribution is -0.137. The molecule has 1 aromatic carbocycles. The molecule has 0 spiro atoms. The molecular formula is C15H20F3NOS. The molecule has 0 aromatic heterocycles. The first-order valence-corrected chi connectivity index (χ1v) is 8.09. The van der Waals surface area contributed by atoms with E-state index in [1.165, 1.54) is 6.07 Å². The predicted molar refractivity (Wildman–Crippen MR) is 77.9 cm³/mol. The van der Waals surface area contributed by atoms with E-state index in [4.69, 9.17) is 0 Å². The summed E-state index contributed by atoms with van der Waals surface area (Å²) in [5.74, 6) is 0.264. The van der Waals surface area contributed by atoms with Gasteiger partial charge in [-0.15, -0.1) is 0 Å². The second-order valence-electron chi connectivity index (χ2n) is 6.44. The molecular weight excluding hydrogens is 299 g/mol. The first-order chi connectivity index (χ1) is 9.59. The first kappa shape index (κ1) is 16.5. The number of benzene rings is 1. The summed E-state index contributed by atoms with van der Waals surface area (Å²) in [5.41, 5.74) is -0.0982. The van der Waals surface area contributed by atoms with Crippen LogP contribution in [0.15, 0.2) is 24.3 Å². The van der Waals surface area contributed by atoms with Crippen LogP contribution < -0.4 is 4.72 Å². The molecule has 0 amide bonds. The molecule has 1 N–H and O–H groups in total. The van der Waals surface area contributed by atoms with Gasteiger partial charge in [0.1, 0.15) is 0 Å². The van der Waals surface area contributed by atoms with Gasteiger partial charge in [0.2, 0.25) is 0 Å². The fourth-order valence-corrected chi connectivity index (χ4v) is 2.98. The minimum absolute atomic E-state index is 0.264. The van der Waals surface area contributed by atoms with Gasteiger partial charge in [0.05, 0.1) is 21.3 Å². The van der Waals surface area contributed by atoms with Gasteiger partial charge in [0, 0.05) is 6.04 Å².